The molecule has 0 aliphatic carbocycles. The van der Waals surface area contributed by atoms with Gasteiger partial charge in [-0.3, -0.25) is 9.80 Å². The van der Waals surface area contributed by atoms with Crippen LogP contribution in [0.1, 0.15) is 45.5 Å². The highest BCUT2D eigenvalue weighted by Crippen LogP contribution is 2.29. The summed E-state index contributed by atoms with van der Waals surface area (Å²) in [6.07, 6.45) is 5.06. The minimum atomic E-state index is 0.224. The molecule has 0 bridgehead atoms. The highest BCUT2D eigenvalue weighted by molar-refractivity contribution is 5.55. The van der Waals surface area contributed by atoms with Crippen molar-refractivity contribution < 1.29 is 9.15 Å². The van der Waals surface area contributed by atoms with Crippen LogP contribution in [0.15, 0.2) is 40.9 Å². The second kappa shape index (κ2) is 8.76. The molecule has 0 saturated carbocycles. The van der Waals surface area contributed by atoms with Crippen molar-refractivity contribution in [3.05, 3.63) is 42.4 Å². The summed E-state index contributed by atoms with van der Waals surface area (Å²) in [6, 6.07) is 10.4. The minimum absolute atomic E-state index is 0.224. The number of morpholine rings is 1. The van der Waals surface area contributed by atoms with Crippen LogP contribution in [0.5, 0.6) is 0 Å². The number of piperidine rings is 1. The number of likely N-dealkylation sites (tertiary alicyclic amines) is 1. The van der Waals surface area contributed by atoms with Crippen molar-refractivity contribution in [1.29, 1.82) is 0 Å². The molecule has 2 saturated heterocycles. The molecule has 5 nitrogen and oxygen atoms in total. The molecule has 2 aromatic rings. The zero-order valence-electron chi connectivity index (χ0n) is 17.4. The summed E-state index contributed by atoms with van der Waals surface area (Å²) < 4.78 is 12.0. The molecule has 2 aliphatic rings. The van der Waals surface area contributed by atoms with Crippen LogP contribution in [0.25, 0.3) is 11.3 Å². The van der Waals surface area contributed by atoms with Gasteiger partial charge >= 0.3 is 0 Å². The molecule has 4 rings (SSSR count). The van der Waals surface area contributed by atoms with Gasteiger partial charge in [0.2, 0.25) is 5.89 Å². The smallest absolute Gasteiger partial charge is 0.211 e. The summed E-state index contributed by atoms with van der Waals surface area (Å²) in [5.41, 5.74) is 1.08. The number of nitrogens with zero attached hydrogens (tertiary/aromatic N) is 3. The van der Waals surface area contributed by atoms with Crippen molar-refractivity contribution in [2.75, 3.05) is 32.7 Å². The number of benzene rings is 1. The van der Waals surface area contributed by atoms with Gasteiger partial charge in [0.25, 0.3) is 0 Å². The Morgan fingerprint density at radius 1 is 1.07 bits per heavy atom. The Bertz CT molecular complexity index is 729. The van der Waals surface area contributed by atoms with Crippen LogP contribution in [-0.2, 0) is 4.74 Å². The number of oxazole rings is 1. The third kappa shape index (κ3) is 4.65. The molecule has 2 aliphatic heterocycles. The van der Waals surface area contributed by atoms with Gasteiger partial charge in [-0.25, -0.2) is 4.98 Å². The highest BCUT2D eigenvalue weighted by Gasteiger charge is 2.29. The lowest BCUT2D eigenvalue weighted by molar-refractivity contribution is -0.0735. The van der Waals surface area contributed by atoms with Gasteiger partial charge < -0.3 is 9.15 Å². The van der Waals surface area contributed by atoms with Gasteiger partial charge in [-0.05, 0) is 52.6 Å². The summed E-state index contributed by atoms with van der Waals surface area (Å²) in [5.74, 6) is 2.46. The predicted molar refractivity (Wildman–Crippen MR) is 111 cm³/mol. The third-order valence-electron chi connectivity index (χ3n) is 6.15. The van der Waals surface area contributed by atoms with Gasteiger partial charge in [-0.1, -0.05) is 30.3 Å². The van der Waals surface area contributed by atoms with Crippen LogP contribution in [0.2, 0.25) is 0 Å². The van der Waals surface area contributed by atoms with E-state index in [1.54, 1.807) is 0 Å². The first kappa shape index (κ1) is 19.6. The van der Waals surface area contributed by atoms with E-state index >= 15 is 0 Å². The number of aromatic nitrogens is 1. The lowest BCUT2D eigenvalue weighted by Gasteiger charge is -2.40. The normalized spacial score (nSPS) is 26.4. The lowest BCUT2D eigenvalue weighted by atomic mass is 9.94. The fraction of sp³-hybridized carbons (Fsp3) is 0.609. The summed E-state index contributed by atoms with van der Waals surface area (Å²) in [5, 5.41) is 0. The maximum absolute atomic E-state index is 6.08. The monoisotopic (exact) mass is 383 g/mol. The van der Waals surface area contributed by atoms with Crippen LogP contribution in [0, 0.1) is 5.92 Å². The molecule has 3 heterocycles. The van der Waals surface area contributed by atoms with Gasteiger partial charge in [0, 0.05) is 25.2 Å². The molecule has 5 heteroatoms. The minimum Gasteiger partial charge on any atom is -0.439 e. The molecule has 28 heavy (non-hydrogen) atoms. The summed E-state index contributed by atoms with van der Waals surface area (Å²) >= 11 is 0. The topological polar surface area (TPSA) is 41.7 Å². The number of ether oxygens (including phenoxy) is 1. The molecule has 0 amide bonds. The van der Waals surface area contributed by atoms with Crippen LogP contribution in [-0.4, -0.2) is 59.7 Å². The third-order valence-corrected chi connectivity index (χ3v) is 6.15. The first-order valence-electron chi connectivity index (χ1n) is 10.7. The van der Waals surface area contributed by atoms with E-state index in [1.807, 2.05) is 24.4 Å². The van der Waals surface area contributed by atoms with Crippen molar-refractivity contribution in [3.63, 3.8) is 0 Å². The Morgan fingerprint density at radius 2 is 1.75 bits per heavy atom. The van der Waals surface area contributed by atoms with Crippen molar-refractivity contribution in [1.82, 2.24) is 14.8 Å². The maximum atomic E-state index is 6.08. The SMILES string of the molecule is CC1CN(CC2CCN(C(C)c3ncc(-c4ccccc4)o3)CC2)CC(C)O1. The van der Waals surface area contributed by atoms with Crippen molar-refractivity contribution in [2.24, 2.45) is 5.92 Å². The second-order valence-electron chi connectivity index (χ2n) is 8.56. The molecule has 3 atom stereocenters. The molecule has 0 radical (unpaired) electrons. The summed E-state index contributed by atoms with van der Waals surface area (Å²) in [7, 11) is 0. The quantitative estimate of drug-likeness (QED) is 0.773. The van der Waals surface area contributed by atoms with Crippen LogP contribution < -0.4 is 0 Å². The van der Waals surface area contributed by atoms with E-state index < -0.39 is 0 Å². The molecule has 1 aromatic carbocycles. The van der Waals surface area contributed by atoms with E-state index in [0.29, 0.717) is 12.2 Å². The van der Waals surface area contributed by atoms with Gasteiger partial charge in [0.05, 0.1) is 24.4 Å². The van der Waals surface area contributed by atoms with E-state index in [-0.39, 0.29) is 6.04 Å². The molecular formula is C23H33N3O2. The Kier molecular flexibility index (Phi) is 6.14. The molecule has 1 aromatic heterocycles. The maximum Gasteiger partial charge on any atom is 0.211 e. The molecular weight excluding hydrogens is 350 g/mol. The van der Waals surface area contributed by atoms with Gasteiger partial charge in [0.15, 0.2) is 5.76 Å². The zero-order valence-corrected chi connectivity index (χ0v) is 17.4. The molecule has 0 spiro atoms. The zero-order chi connectivity index (χ0) is 19.5. The molecule has 152 valence electrons. The van der Waals surface area contributed by atoms with Crippen LogP contribution in [0.3, 0.4) is 0 Å². The standard InChI is InChI=1S/C23H33N3O2/c1-17-14-25(15-18(2)27-17)16-20-9-11-26(12-10-20)19(3)23-24-13-22(28-23)21-7-5-4-6-8-21/h4-8,13,17-20H,9-12,14-16H2,1-3H3. The lowest BCUT2D eigenvalue weighted by Crippen LogP contribution is -2.48. The first-order chi connectivity index (χ1) is 13.6. The summed E-state index contributed by atoms with van der Waals surface area (Å²) in [6.45, 7) is 12.2. The van der Waals surface area contributed by atoms with Gasteiger partial charge in [-0.15, -0.1) is 0 Å². The Morgan fingerprint density at radius 3 is 2.43 bits per heavy atom. The molecule has 2 fully saturated rings. The van der Waals surface area contributed by atoms with Crippen LogP contribution in [0.4, 0.5) is 0 Å². The van der Waals surface area contributed by atoms with E-state index in [0.717, 1.165) is 49.3 Å². The fourth-order valence-electron chi connectivity index (χ4n) is 4.69. The number of rotatable bonds is 5. The average Bonchev–Trinajstić information content (AvgIpc) is 3.18. The Labute approximate surface area is 168 Å². The predicted octanol–water partition coefficient (Wildman–Crippen LogP) is 4.22. The largest absolute Gasteiger partial charge is 0.439 e. The van der Waals surface area contributed by atoms with E-state index in [9.17, 15) is 0 Å². The average molecular weight is 384 g/mol. The van der Waals surface area contributed by atoms with E-state index in [1.165, 1.54) is 19.4 Å². The highest BCUT2D eigenvalue weighted by atomic mass is 16.5. The van der Waals surface area contributed by atoms with Gasteiger partial charge in [0.1, 0.15) is 0 Å². The second-order valence-corrected chi connectivity index (χ2v) is 8.56. The molecule has 3 unspecified atom stereocenters. The first-order valence-corrected chi connectivity index (χ1v) is 10.7. The van der Waals surface area contributed by atoms with Crippen LogP contribution >= 0.6 is 0 Å². The molecule has 0 N–H and O–H groups in total. The van der Waals surface area contributed by atoms with E-state index in [2.05, 4.69) is 47.7 Å². The van der Waals surface area contributed by atoms with Crippen molar-refractivity contribution >= 4 is 0 Å². The Balaban J connectivity index is 1.29. The fourth-order valence-corrected chi connectivity index (χ4v) is 4.69. The number of hydrogen-bond acceptors (Lipinski definition) is 5. The summed E-state index contributed by atoms with van der Waals surface area (Å²) in [4.78, 5) is 9.68. The van der Waals surface area contributed by atoms with Gasteiger partial charge in [-0.2, -0.15) is 0 Å². The number of hydrogen-bond donors (Lipinski definition) is 0. The van der Waals surface area contributed by atoms with Crippen molar-refractivity contribution in [2.45, 2.75) is 51.9 Å². The van der Waals surface area contributed by atoms with Crippen molar-refractivity contribution in [3.8, 4) is 11.3 Å². The van der Waals surface area contributed by atoms with E-state index in [4.69, 9.17) is 9.15 Å². The Hall–Kier alpha value is -1.69.